The van der Waals surface area contributed by atoms with Crippen molar-refractivity contribution in [3.8, 4) is 22.8 Å². The van der Waals surface area contributed by atoms with Gasteiger partial charge in [0.25, 0.3) is 5.91 Å². The van der Waals surface area contributed by atoms with Crippen LogP contribution in [0.5, 0.6) is 11.5 Å². The van der Waals surface area contributed by atoms with Crippen molar-refractivity contribution in [2.75, 3.05) is 20.2 Å². The molecule has 2 aliphatic heterocycles. The van der Waals surface area contributed by atoms with Gasteiger partial charge in [0.1, 0.15) is 29.2 Å². The Morgan fingerprint density at radius 3 is 2.33 bits per heavy atom. The SMILES string of the molecule is C=C[C@@H]1C[C@]1(NC(=O)[C@@H]1C[C@@H]2CN1C(=O)[C@H](C1CCCCC1)NCCCC(C)(C)CCCc1cc3c(cc(-c4ccccc4)nc3cc1OC)O2)C(=O)NS(=O)(=O)C1CC1.O=C(O)C(F)(F)F. The number of pyridine rings is 1. The van der Waals surface area contributed by atoms with Crippen LogP contribution in [-0.2, 0) is 35.6 Å². The fourth-order valence-electron chi connectivity index (χ4n) is 9.89. The Morgan fingerprint density at radius 2 is 1.70 bits per heavy atom. The number of carbonyl (C=O) groups excluding carboxylic acids is 3. The van der Waals surface area contributed by atoms with E-state index in [9.17, 15) is 31.2 Å². The number of hydrogen-bond acceptors (Lipinski definition) is 10. The van der Waals surface area contributed by atoms with Gasteiger partial charge in [-0.15, -0.1) is 6.58 Å². The monoisotopic (exact) mass is 953 g/mol. The lowest BCUT2D eigenvalue weighted by molar-refractivity contribution is -0.192. The van der Waals surface area contributed by atoms with Crippen LogP contribution in [0.3, 0.4) is 0 Å². The number of halogens is 3. The highest BCUT2D eigenvalue weighted by Gasteiger charge is 2.62. The lowest BCUT2D eigenvalue weighted by atomic mass is 9.81. The molecule has 5 aliphatic rings. The van der Waals surface area contributed by atoms with E-state index in [1.54, 1.807) is 18.1 Å². The molecule has 3 saturated carbocycles. The van der Waals surface area contributed by atoms with E-state index < -0.39 is 68.9 Å². The summed E-state index contributed by atoms with van der Waals surface area (Å²) in [4.78, 5) is 59.2. The van der Waals surface area contributed by atoms with Gasteiger partial charge in [0.2, 0.25) is 21.8 Å². The van der Waals surface area contributed by atoms with Crippen LogP contribution in [0.2, 0.25) is 0 Å². The van der Waals surface area contributed by atoms with Gasteiger partial charge in [0.15, 0.2) is 0 Å². The van der Waals surface area contributed by atoms with Crippen LogP contribution >= 0.6 is 0 Å². The van der Waals surface area contributed by atoms with Crippen LogP contribution in [0.25, 0.3) is 22.2 Å². The summed E-state index contributed by atoms with van der Waals surface area (Å²) in [5, 5.41) is 14.0. The number of hydrogen-bond donors (Lipinski definition) is 4. The Hall–Kier alpha value is -5.23. The molecule has 1 aromatic heterocycles. The Kier molecular flexibility index (Phi) is 14.9. The van der Waals surface area contributed by atoms with Gasteiger partial charge in [-0.3, -0.25) is 19.1 Å². The molecule has 4 fully saturated rings. The minimum absolute atomic E-state index is 0.0830. The number of fused-ring (bicyclic) bond motifs is 3. The molecule has 4 N–H and O–H groups in total. The molecule has 8 rings (SSSR count). The summed E-state index contributed by atoms with van der Waals surface area (Å²) < 4.78 is 72.7. The van der Waals surface area contributed by atoms with Crippen molar-refractivity contribution in [3.05, 3.63) is 66.7 Å². The molecular weight excluding hydrogens is 892 g/mol. The molecule has 67 heavy (non-hydrogen) atoms. The van der Waals surface area contributed by atoms with E-state index in [0.717, 1.165) is 92.2 Å². The average Bonchev–Trinajstić information content (AvgIpc) is 4.23. The number of aryl methyl sites for hydroxylation is 1. The average molecular weight is 954 g/mol. The van der Waals surface area contributed by atoms with Crippen molar-refractivity contribution >= 4 is 44.6 Å². The maximum Gasteiger partial charge on any atom is 0.490 e. The number of methoxy groups -OCH3 is 1. The number of carboxylic acids is 1. The summed E-state index contributed by atoms with van der Waals surface area (Å²) in [6.45, 7) is 9.32. The highest BCUT2D eigenvalue weighted by atomic mass is 32.2. The number of benzene rings is 2. The molecule has 3 amide bonds. The summed E-state index contributed by atoms with van der Waals surface area (Å²) >= 11 is 0. The van der Waals surface area contributed by atoms with Crippen LogP contribution in [-0.4, -0.2) is 102 Å². The molecule has 4 bridgehead atoms. The molecule has 3 aliphatic carbocycles. The van der Waals surface area contributed by atoms with Crippen molar-refractivity contribution in [2.24, 2.45) is 17.3 Å². The smallest absolute Gasteiger partial charge is 0.490 e. The zero-order valence-corrected chi connectivity index (χ0v) is 39.1. The third-order valence-corrected chi connectivity index (χ3v) is 15.8. The third-order valence-electron chi connectivity index (χ3n) is 14.0. The van der Waals surface area contributed by atoms with Crippen LogP contribution in [0.15, 0.2) is 61.2 Å². The third kappa shape index (κ3) is 11.7. The Morgan fingerprint density at radius 1 is 1.01 bits per heavy atom. The van der Waals surface area contributed by atoms with E-state index in [1.807, 2.05) is 42.5 Å². The minimum Gasteiger partial charge on any atom is -0.496 e. The van der Waals surface area contributed by atoms with Crippen LogP contribution in [0.1, 0.15) is 103 Å². The second-order valence-electron chi connectivity index (χ2n) is 19.5. The lowest BCUT2D eigenvalue weighted by Gasteiger charge is -2.35. The zero-order chi connectivity index (χ0) is 48.3. The number of aliphatic carboxylic acids is 1. The quantitative estimate of drug-likeness (QED) is 0.158. The molecule has 14 nitrogen and oxygen atoms in total. The van der Waals surface area contributed by atoms with E-state index in [0.29, 0.717) is 30.7 Å². The second kappa shape index (κ2) is 20.2. The van der Waals surface area contributed by atoms with Crippen molar-refractivity contribution in [1.29, 1.82) is 0 Å². The molecule has 3 aromatic rings. The number of aromatic nitrogens is 1. The molecular formula is C49H62F3N5O9S. The summed E-state index contributed by atoms with van der Waals surface area (Å²) in [6, 6.07) is 14.5. The number of ether oxygens (including phenoxy) is 2. The van der Waals surface area contributed by atoms with E-state index in [2.05, 4.69) is 41.8 Å². The molecule has 1 saturated heterocycles. The van der Waals surface area contributed by atoms with Gasteiger partial charge in [-0.1, -0.05) is 69.5 Å². The van der Waals surface area contributed by atoms with E-state index in [1.165, 1.54) is 0 Å². The summed E-state index contributed by atoms with van der Waals surface area (Å²) in [5.74, 6) is -3.14. The standard InChI is InChI=1S/C47H61N5O7S.C2HF3O2/c1-5-33-28-47(33,45(55)51-60(56,57)35-19-20-35)50-43(53)39-25-34-29-52(39)44(54)42(31-16-10-7-11-17-31)48-23-13-22-46(2,3)21-12-18-32-24-36-38(27-40(32)58-4)49-37(26-41(36)59-34)30-14-8-6-9-15-30;3-2(4,5)1(6)7/h5-6,8-9,14-15,24,26-27,31,33-35,39,42,48H,1,7,10-13,16-23,25,28-29H2,2-4H3,(H,50,53)(H,51,55);(H,6,7)/t33-,34-,39+,42+,47-;/m1./s1. The Bertz CT molecular complexity index is 2440. The highest BCUT2D eigenvalue weighted by molar-refractivity contribution is 7.91. The van der Waals surface area contributed by atoms with Crippen molar-refractivity contribution in [1.82, 2.24) is 25.2 Å². The van der Waals surface area contributed by atoms with Crippen LogP contribution < -0.4 is 24.8 Å². The van der Waals surface area contributed by atoms with E-state index >= 15 is 4.79 Å². The van der Waals surface area contributed by atoms with Gasteiger partial charge >= 0.3 is 12.1 Å². The van der Waals surface area contributed by atoms with E-state index in [4.69, 9.17) is 24.4 Å². The molecule has 18 heteroatoms. The predicted octanol–water partition coefficient (Wildman–Crippen LogP) is 7.24. The fraction of sp³-hybridized carbons (Fsp3) is 0.571. The number of nitrogens with zero attached hydrogens (tertiary/aromatic N) is 2. The molecule has 0 radical (unpaired) electrons. The number of sulfonamides is 1. The molecule has 3 heterocycles. The molecule has 5 atom stereocenters. The number of rotatable bonds is 9. The predicted molar refractivity (Wildman–Crippen MR) is 246 cm³/mol. The number of carbonyl (C=O) groups is 4. The normalized spacial score (nSPS) is 25.9. The molecule has 0 unspecified atom stereocenters. The van der Waals surface area contributed by atoms with Crippen molar-refractivity contribution in [3.63, 3.8) is 0 Å². The first-order valence-electron chi connectivity index (χ1n) is 23.3. The topological polar surface area (TPSA) is 193 Å². The maximum absolute atomic E-state index is 15.1. The highest BCUT2D eigenvalue weighted by Crippen LogP contribution is 2.46. The maximum atomic E-state index is 15.1. The van der Waals surface area contributed by atoms with Gasteiger partial charge in [0.05, 0.1) is 36.2 Å². The fourth-order valence-corrected chi connectivity index (χ4v) is 11.3. The number of amides is 3. The van der Waals surface area contributed by atoms with Gasteiger partial charge < -0.3 is 30.1 Å². The lowest BCUT2D eigenvalue weighted by Crippen LogP contribution is -2.59. The molecule has 2 aromatic carbocycles. The van der Waals surface area contributed by atoms with Crippen molar-refractivity contribution < 1.29 is 55.3 Å². The van der Waals surface area contributed by atoms with Crippen molar-refractivity contribution in [2.45, 2.75) is 139 Å². The van der Waals surface area contributed by atoms with Gasteiger partial charge in [0, 0.05) is 35.4 Å². The van der Waals surface area contributed by atoms with Gasteiger partial charge in [-0.05, 0) is 93.7 Å². The summed E-state index contributed by atoms with van der Waals surface area (Å²) in [6.07, 6.45) is 7.12. The largest absolute Gasteiger partial charge is 0.496 e. The Labute approximate surface area is 389 Å². The van der Waals surface area contributed by atoms with Gasteiger partial charge in [-0.25, -0.2) is 18.2 Å². The second-order valence-corrected chi connectivity index (χ2v) is 21.4. The zero-order valence-electron chi connectivity index (χ0n) is 38.3. The van der Waals surface area contributed by atoms with Crippen LogP contribution in [0.4, 0.5) is 13.2 Å². The number of alkyl halides is 3. The van der Waals surface area contributed by atoms with Gasteiger partial charge in [-0.2, -0.15) is 13.2 Å². The minimum atomic E-state index is -5.08. The first kappa shape index (κ1) is 49.7. The summed E-state index contributed by atoms with van der Waals surface area (Å²) in [7, 11) is -2.18. The molecule has 364 valence electrons. The number of nitrogens with one attached hydrogen (secondary N) is 3. The molecule has 0 spiro atoms. The number of carboxylic acid groups (broad SMARTS) is 1. The summed E-state index contributed by atoms with van der Waals surface area (Å²) in [5.41, 5.74) is 2.01. The first-order chi connectivity index (χ1) is 31.7. The van der Waals surface area contributed by atoms with Crippen LogP contribution in [0, 0.1) is 17.3 Å². The van der Waals surface area contributed by atoms with E-state index in [-0.39, 0.29) is 36.6 Å². The Balaban J connectivity index is 0.000000883. The first-order valence-corrected chi connectivity index (χ1v) is 24.9.